The van der Waals surface area contributed by atoms with Gasteiger partial charge >= 0.3 is 0 Å². The maximum atomic E-state index is 13.6. The summed E-state index contributed by atoms with van der Waals surface area (Å²) in [6, 6.07) is 14.3. The van der Waals surface area contributed by atoms with Gasteiger partial charge in [-0.25, -0.2) is 9.37 Å². The van der Waals surface area contributed by atoms with Crippen molar-refractivity contribution in [1.82, 2.24) is 14.9 Å². The predicted octanol–water partition coefficient (Wildman–Crippen LogP) is 5.52. The molecule has 8 nitrogen and oxygen atoms in total. The monoisotopic (exact) mass is 578 g/mol. The van der Waals surface area contributed by atoms with E-state index >= 15 is 0 Å². The van der Waals surface area contributed by atoms with Crippen LogP contribution in [0.4, 0.5) is 10.2 Å². The average molecular weight is 579 g/mol. The van der Waals surface area contributed by atoms with Crippen molar-refractivity contribution in [3.05, 3.63) is 105 Å². The van der Waals surface area contributed by atoms with Crippen LogP contribution in [0.15, 0.2) is 72.4 Å². The van der Waals surface area contributed by atoms with Crippen LogP contribution in [-0.4, -0.2) is 44.9 Å². The second kappa shape index (κ2) is 11.9. The molecule has 2 unspecified atom stereocenters. The van der Waals surface area contributed by atoms with Crippen LogP contribution in [-0.2, 0) is 24.2 Å². The Kier molecular flexibility index (Phi) is 8.18. The number of pyridine rings is 2. The summed E-state index contributed by atoms with van der Waals surface area (Å²) in [5.41, 5.74) is 2.26. The fraction of sp³-hybridized carbons (Fsp3) is 0.207. The second-order valence-corrected chi connectivity index (χ2v) is 10.5. The van der Waals surface area contributed by atoms with Crippen molar-refractivity contribution < 1.29 is 23.5 Å². The first-order valence-electron chi connectivity index (χ1n) is 12.4. The molecule has 1 aliphatic heterocycles. The van der Waals surface area contributed by atoms with Crippen molar-refractivity contribution in [1.29, 1.82) is 0 Å². The zero-order valence-corrected chi connectivity index (χ0v) is 22.9. The third-order valence-corrected chi connectivity index (χ3v) is 7.60. The van der Waals surface area contributed by atoms with Gasteiger partial charge in [0.2, 0.25) is 6.36 Å². The first-order chi connectivity index (χ1) is 19.3. The van der Waals surface area contributed by atoms with Crippen LogP contribution < -0.4 is 10.1 Å². The van der Waals surface area contributed by atoms with E-state index < -0.39 is 18.3 Å². The number of nitrogens with zero attached hydrogens (tertiary/aromatic N) is 3. The van der Waals surface area contributed by atoms with Crippen LogP contribution in [0.1, 0.15) is 43.8 Å². The summed E-state index contributed by atoms with van der Waals surface area (Å²) in [6.45, 7) is 1.36. The molecule has 3 aromatic heterocycles. The van der Waals surface area contributed by atoms with E-state index in [1.807, 2.05) is 23.6 Å². The first kappa shape index (κ1) is 27.4. The number of Topliss-reactive ketones (excluding diaryl/α,β-unsaturated/α-hetero) is 1. The van der Waals surface area contributed by atoms with Crippen LogP contribution in [0.3, 0.4) is 0 Å². The standard InChI is InChI=1S/C29H24ClFN4O4S/c1-17(31)39-21-7-10-33-26(15-21)34-28(37)22-6-5-18(12-23(22)30)16-35-24(14-20-4-2-3-9-32-20)25(36)13-19-8-11-40-27(19)29(35)38/h2-12,15,17,24H,13-14,16H2,1H3,(H,33,34,37). The molecule has 2 atom stereocenters. The van der Waals surface area contributed by atoms with Crippen molar-refractivity contribution in [2.24, 2.45) is 0 Å². The Hall–Kier alpha value is -4.15. The number of ketones is 1. The van der Waals surface area contributed by atoms with Gasteiger partial charge in [0.25, 0.3) is 11.8 Å². The molecule has 5 rings (SSSR count). The number of hydrogen-bond acceptors (Lipinski definition) is 7. The zero-order chi connectivity index (χ0) is 28.2. The molecule has 0 radical (unpaired) electrons. The van der Waals surface area contributed by atoms with Gasteiger partial charge in [-0.3, -0.25) is 19.4 Å². The summed E-state index contributed by atoms with van der Waals surface area (Å²) in [6.07, 6.45) is 1.98. The average Bonchev–Trinajstić information content (AvgIpc) is 3.35. The minimum Gasteiger partial charge on any atom is -0.461 e. The number of nitrogens with one attached hydrogen (secondary N) is 1. The topological polar surface area (TPSA) is 101 Å². The lowest BCUT2D eigenvalue weighted by atomic mass is 10.0. The molecule has 0 spiro atoms. The molecule has 1 aliphatic rings. The van der Waals surface area contributed by atoms with Gasteiger partial charge in [-0.15, -0.1) is 11.3 Å². The zero-order valence-electron chi connectivity index (χ0n) is 21.3. The molecule has 1 N–H and O–H groups in total. The summed E-state index contributed by atoms with van der Waals surface area (Å²) in [5.74, 6) is -0.440. The first-order valence-corrected chi connectivity index (χ1v) is 13.7. The molecule has 2 amide bonds. The minimum absolute atomic E-state index is 0.0703. The van der Waals surface area contributed by atoms with Gasteiger partial charge in [-0.05, 0) is 52.9 Å². The Labute approximate surface area is 238 Å². The largest absolute Gasteiger partial charge is 0.461 e. The van der Waals surface area contributed by atoms with Crippen molar-refractivity contribution >= 4 is 46.4 Å². The highest BCUT2D eigenvalue weighted by Gasteiger charge is 2.36. The van der Waals surface area contributed by atoms with E-state index in [4.69, 9.17) is 16.3 Å². The number of alkyl halides is 1. The summed E-state index contributed by atoms with van der Waals surface area (Å²) < 4.78 is 18.2. The van der Waals surface area contributed by atoms with E-state index in [1.54, 1.807) is 35.4 Å². The normalized spacial score (nSPS) is 15.8. The summed E-state index contributed by atoms with van der Waals surface area (Å²) in [4.78, 5) is 50.4. The molecule has 0 saturated carbocycles. The van der Waals surface area contributed by atoms with Gasteiger partial charge in [0.05, 0.1) is 21.5 Å². The number of ether oxygens (including phenoxy) is 1. The highest BCUT2D eigenvalue weighted by atomic mass is 35.5. The molecule has 204 valence electrons. The number of rotatable bonds is 8. The number of carbonyl (C=O) groups is 3. The highest BCUT2D eigenvalue weighted by Crippen LogP contribution is 2.29. The molecule has 0 bridgehead atoms. The molecule has 11 heteroatoms. The highest BCUT2D eigenvalue weighted by molar-refractivity contribution is 7.12. The van der Waals surface area contributed by atoms with Crippen molar-refractivity contribution in [3.63, 3.8) is 0 Å². The van der Waals surface area contributed by atoms with Gasteiger partial charge in [0, 0.05) is 50.5 Å². The Bertz CT molecular complexity index is 1560. The molecule has 0 saturated heterocycles. The van der Waals surface area contributed by atoms with Crippen LogP contribution in [0.2, 0.25) is 5.02 Å². The third-order valence-electron chi connectivity index (χ3n) is 6.35. The van der Waals surface area contributed by atoms with Crippen LogP contribution in [0.25, 0.3) is 0 Å². The molecule has 1 aromatic carbocycles. The molecule has 0 fully saturated rings. The summed E-state index contributed by atoms with van der Waals surface area (Å²) in [7, 11) is 0. The van der Waals surface area contributed by atoms with Crippen LogP contribution in [0, 0.1) is 0 Å². The van der Waals surface area contributed by atoms with E-state index in [0.717, 1.165) is 5.56 Å². The smallest absolute Gasteiger partial charge is 0.265 e. The minimum atomic E-state index is -1.52. The number of carbonyl (C=O) groups excluding carboxylic acids is 3. The fourth-order valence-electron chi connectivity index (χ4n) is 4.50. The number of hydrogen-bond donors (Lipinski definition) is 1. The van der Waals surface area contributed by atoms with E-state index in [0.29, 0.717) is 16.1 Å². The van der Waals surface area contributed by atoms with Crippen molar-refractivity contribution in [2.45, 2.75) is 38.7 Å². The number of halogens is 2. The number of anilines is 1. The summed E-state index contributed by atoms with van der Waals surface area (Å²) >= 11 is 7.81. The van der Waals surface area contributed by atoms with Gasteiger partial charge in [-0.1, -0.05) is 23.7 Å². The summed E-state index contributed by atoms with van der Waals surface area (Å²) in [5, 5.41) is 4.60. The maximum absolute atomic E-state index is 13.6. The van der Waals surface area contributed by atoms with E-state index in [1.165, 1.54) is 36.6 Å². The Morgan fingerprint density at radius 1 is 1.18 bits per heavy atom. The van der Waals surface area contributed by atoms with Crippen LogP contribution in [0.5, 0.6) is 5.75 Å². The Balaban J connectivity index is 1.38. The SMILES string of the molecule is CC(F)Oc1ccnc(NC(=O)c2ccc(CN3C(=O)c4sccc4CC(=O)C3Cc3ccccn3)cc2Cl)c1. The second-order valence-electron chi connectivity index (χ2n) is 9.20. The van der Waals surface area contributed by atoms with Crippen molar-refractivity contribution in [3.8, 4) is 5.75 Å². The Morgan fingerprint density at radius 2 is 2.02 bits per heavy atom. The van der Waals surface area contributed by atoms with Crippen LogP contribution >= 0.6 is 22.9 Å². The Morgan fingerprint density at radius 3 is 2.77 bits per heavy atom. The molecule has 0 aliphatic carbocycles. The van der Waals surface area contributed by atoms with Gasteiger partial charge < -0.3 is 15.0 Å². The quantitative estimate of drug-likeness (QED) is 0.295. The molecule has 40 heavy (non-hydrogen) atoms. The lowest BCUT2D eigenvalue weighted by molar-refractivity contribution is -0.122. The lowest BCUT2D eigenvalue weighted by Gasteiger charge is -2.29. The van der Waals surface area contributed by atoms with Gasteiger partial charge in [0.1, 0.15) is 11.6 Å². The molecular weight excluding hydrogens is 555 g/mol. The number of amides is 2. The lowest BCUT2D eigenvalue weighted by Crippen LogP contribution is -2.44. The number of thiophene rings is 1. The molecule has 4 heterocycles. The number of fused-ring (bicyclic) bond motifs is 1. The fourth-order valence-corrected chi connectivity index (χ4v) is 5.67. The number of aromatic nitrogens is 2. The van der Waals surface area contributed by atoms with Gasteiger partial charge in [0.15, 0.2) is 5.78 Å². The van der Waals surface area contributed by atoms with E-state index in [-0.39, 0.29) is 53.2 Å². The third kappa shape index (κ3) is 6.19. The molecule has 4 aromatic rings. The number of benzene rings is 1. The van der Waals surface area contributed by atoms with E-state index in [2.05, 4.69) is 15.3 Å². The maximum Gasteiger partial charge on any atom is 0.265 e. The molecular formula is C29H24ClFN4O4S. The van der Waals surface area contributed by atoms with Crippen molar-refractivity contribution in [2.75, 3.05) is 5.32 Å². The van der Waals surface area contributed by atoms with E-state index in [9.17, 15) is 18.8 Å². The van der Waals surface area contributed by atoms with Gasteiger partial charge in [-0.2, -0.15) is 0 Å². The predicted molar refractivity (Wildman–Crippen MR) is 149 cm³/mol.